The number of aryl methyl sites for hydroxylation is 1. The molecule has 0 spiro atoms. The van der Waals surface area contributed by atoms with E-state index >= 15 is 0 Å². The number of nitrogens with zero attached hydrogens (tertiary/aromatic N) is 2. The van der Waals surface area contributed by atoms with Crippen molar-refractivity contribution in [1.82, 2.24) is 15.5 Å². The van der Waals surface area contributed by atoms with Crippen molar-refractivity contribution in [2.24, 2.45) is 0 Å². The van der Waals surface area contributed by atoms with Gasteiger partial charge in [0.05, 0.1) is 12.9 Å². The van der Waals surface area contributed by atoms with Crippen LogP contribution in [-0.2, 0) is 17.1 Å². The van der Waals surface area contributed by atoms with E-state index in [2.05, 4.69) is 20.8 Å². The number of methoxy groups -OCH3 is 1. The van der Waals surface area contributed by atoms with Gasteiger partial charge >= 0.3 is 0 Å². The van der Waals surface area contributed by atoms with Crippen molar-refractivity contribution in [1.29, 1.82) is 0 Å². The number of nitrogens with one attached hydrogen (secondary N) is 2. The van der Waals surface area contributed by atoms with Crippen LogP contribution in [0.3, 0.4) is 0 Å². The number of carbonyl (C=O) groups is 2. The minimum absolute atomic E-state index is 0.0368. The number of ether oxygens (including phenoxy) is 1. The average Bonchev–Trinajstić information content (AvgIpc) is 3.23. The molecule has 0 radical (unpaired) electrons. The predicted molar refractivity (Wildman–Crippen MR) is 120 cm³/mol. The zero-order valence-electron chi connectivity index (χ0n) is 16.7. The normalized spacial score (nSPS) is 10.5. The van der Waals surface area contributed by atoms with Crippen LogP contribution in [0, 0.1) is 6.92 Å². The van der Waals surface area contributed by atoms with E-state index < -0.39 is 0 Å². The van der Waals surface area contributed by atoms with Crippen LogP contribution in [0.4, 0.5) is 5.69 Å². The molecule has 9 heteroatoms. The van der Waals surface area contributed by atoms with Gasteiger partial charge in [-0.2, -0.15) is 0 Å². The lowest BCUT2D eigenvalue weighted by Gasteiger charge is -2.07. The summed E-state index contributed by atoms with van der Waals surface area (Å²) in [5, 5.41) is 14.7. The molecule has 0 aliphatic heterocycles. The lowest BCUT2D eigenvalue weighted by atomic mass is 10.1. The molecular formula is C21H22N4O3S2. The number of anilines is 1. The van der Waals surface area contributed by atoms with Crippen molar-refractivity contribution >= 4 is 40.6 Å². The van der Waals surface area contributed by atoms with Crippen molar-refractivity contribution in [3.63, 3.8) is 0 Å². The Balaban J connectivity index is 1.42. The fourth-order valence-corrected chi connectivity index (χ4v) is 4.18. The zero-order valence-corrected chi connectivity index (χ0v) is 18.3. The highest BCUT2D eigenvalue weighted by Gasteiger charge is 2.14. The largest absolute Gasteiger partial charge is 0.497 e. The quantitative estimate of drug-likeness (QED) is 0.525. The number of thioether (sulfide) groups is 1. The fraction of sp³-hybridized carbons (Fsp3) is 0.238. The highest BCUT2D eigenvalue weighted by Crippen LogP contribution is 2.19. The molecule has 2 N–H and O–H groups in total. The average molecular weight is 443 g/mol. The summed E-state index contributed by atoms with van der Waals surface area (Å²) >= 11 is 2.66. The first-order chi connectivity index (χ1) is 14.5. The maximum atomic E-state index is 12.3. The van der Waals surface area contributed by atoms with Crippen LogP contribution in [0.5, 0.6) is 5.75 Å². The van der Waals surface area contributed by atoms with Gasteiger partial charge < -0.3 is 15.4 Å². The van der Waals surface area contributed by atoms with Crippen molar-refractivity contribution in [2.75, 3.05) is 18.2 Å². The third-order valence-corrected chi connectivity index (χ3v) is 6.25. The number of hydrogen-bond donors (Lipinski definition) is 2. The molecule has 156 valence electrons. The predicted octanol–water partition coefficient (Wildman–Crippen LogP) is 3.66. The van der Waals surface area contributed by atoms with Gasteiger partial charge in [0.15, 0.2) is 0 Å². The first-order valence-corrected chi connectivity index (χ1v) is 11.2. The summed E-state index contributed by atoms with van der Waals surface area (Å²) in [7, 11) is 1.59. The molecule has 1 aromatic heterocycles. The standard InChI is InChI=1S/C21H22N4O3S2/c1-14-5-3-4-6-15(14)11-22-18(26)12-29-13-19-24-25-21(30-19)20(27)23-16-7-9-17(28-2)10-8-16/h3-10H,11-13H2,1-2H3,(H,22,26)(H,23,27). The fourth-order valence-electron chi connectivity index (χ4n) is 2.55. The lowest BCUT2D eigenvalue weighted by molar-refractivity contribution is -0.118. The summed E-state index contributed by atoms with van der Waals surface area (Å²) in [6.07, 6.45) is 0. The van der Waals surface area contributed by atoms with E-state index in [1.165, 1.54) is 23.1 Å². The van der Waals surface area contributed by atoms with E-state index in [4.69, 9.17) is 4.74 Å². The summed E-state index contributed by atoms with van der Waals surface area (Å²) in [5.41, 5.74) is 2.91. The van der Waals surface area contributed by atoms with Crippen molar-refractivity contribution in [2.45, 2.75) is 19.2 Å². The SMILES string of the molecule is COc1ccc(NC(=O)c2nnc(CSCC(=O)NCc3ccccc3C)s2)cc1. The minimum atomic E-state index is -0.315. The van der Waals surface area contributed by atoms with Gasteiger partial charge in [-0.15, -0.1) is 22.0 Å². The number of carbonyl (C=O) groups excluding carboxylic acids is 2. The second-order valence-corrected chi connectivity index (χ2v) is 8.43. The van der Waals surface area contributed by atoms with Crippen LogP contribution in [0.1, 0.15) is 25.9 Å². The van der Waals surface area contributed by atoms with E-state index in [-0.39, 0.29) is 16.8 Å². The summed E-state index contributed by atoms with van der Waals surface area (Å²) in [6.45, 7) is 2.54. The molecule has 3 aromatic rings. The third kappa shape index (κ3) is 6.30. The molecule has 0 aliphatic rings. The van der Waals surface area contributed by atoms with Crippen molar-refractivity contribution < 1.29 is 14.3 Å². The highest BCUT2D eigenvalue weighted by atomic mass is 32.2. The van der Waals surface area contributed by atoms with Crippen LogP contribution in [0.25, 0.3) is 0 Å². The van der Waals surface area contributed by atoms with Gasteiger partial charge in [0.25, 0.3) is 5.91 Å². The first-order valence-electron chi connectivity index (χ1n) is 9.22. The van der Waals surface area contributed by atoms with Crippen LogP contribution >= 0.6 is 23.1 Å². The molecule has 0 atom stereocenters. The third-order valence-electron chi connectivity index (χ3n) is 4.20. The summed E-state index contributed by atoms with van der Waals surface area (Å²) in [4.78, 5) is 24.3. The van der Waals surface area contributed by atoms with E-state index in [1.807, 2.05) is 31.2 Å². The molecule has 0 aliphatic carbocycles. The first kappa shape index (κ1) is 21.8. The zero-order chi connectivity index (χ0) is 21.3. The van der Waals surface area contributed by atoms with E-state index in [9.17, 15) is 9.59 Å². The Labute approximate surface area is 183 Å². The molecule has 30 heavy (non-hydrogen) atoms. The number of aromatic nitrogens is 2. The van der Waals surface area contributed by atoms with Gasteiger partial charge in [-0.1, -0.05) is 35.6 Å². The number of amides is 2. The Kier molecular flexibility index (Phi) is 7.81. The number of rotatable bonds is 9. The highest BCUT2D eigenvalue weighted by molar-refractivity contribution is 7.99. The van der Waals surface area contributed by atoms with Gasteiger partial charge in [-0.05, 0) is 42.3 Å². The molecule has 0 unspecified atom stereocenters. The Morgan fingerprint density at radius 1 is 1.10 bits per heavy atom. The maximum Gasteiger partial charge on any atom is 0.286 e. The molecule has 7 nitrogen and oxygen atoms in total. The summed E-state index contributed by atoms with van der Waals surface area (Å²) in [5.74, 6) is 1.20. The summed E-state index contributed by atoms with van der Waals surface area (Å²) in [6, 6.07) is 15.0. The van der Waals surface area contributed by atoms with Crippen LogP contribution in [-0.4, -0.2) is 34.9 Å². The van der Waals surface area contributed by atoms with Crippen LogP contribution in [0.15, 0.2) is 48.5 Å². The topological polar surface area (TPSA) is 93.2 Å². The van der Waals surface area contributed by atoms with Crippen LogP contribution in [0.2, 0.25) is 0 Å². The van der Waals surface area contributed by atoms with Gasteiger partial charge in [0.2, 0.25) is 10.9 Å². The Bertz CT molecular complexity index is 1010. The molecule has 0 saturated carbocycles. The van der Waals surface area contributed by atoms with Crippen molar-refractivity contribution in [3.05, 3.63) is 69.7 Å². The van der Waals surface area contributed by atoms with Gasteiger partial charge in [-0.3, -0.25) is 9.59 Å². The Morgan fingerprint density at radius 3 is 2.60 bits per heavy atom. The second-order valence-electron chi connectivity index (χ2n) is 6.38. The monoisotopic (exact) mass is 442 g/mol. The van der Waals surface area contributed by atoms with Gasteiger partial charge in [0.1, 0.15) is 10.8 Å². The minimum Gasteiger partial charge on any atom is -0.497 e. The number of hydrogen-bond acceptors (Lipinski definition) is 7. The van der Waals surface area contributed by atoms with Crippen molar-refractivity contribution in [3.8, 4) is 5.75 Å². The van der Waals surface area contributed by atoms with E-state index in [0.29, 0.717) is 34.5 Å². The Hall–Kier alpha value is -2.91. The van der Waals surface area contributed by atoms with Crippen LogP contribution < -0.4 is 15.4 Å². The van der Waals surface area contributed by atoms with E-state index in [0.717, 1.165) is 11.1 Å². The molecule has 3 rings (SSSR count). The Morgan fingerprint density at radius 2 is 1.87 bits per heavy atom. The molecule has 0 fully saturated rings. The number of benzene rings is 2. The smallest absolute Gasteiger partial charge is 0.286 e. The molecular weight excluding hydrogens is 420 g/mol. The molecule has 2 aromatic carbocycles. The molecule has 1 heterocycles. The van der Waals surface area contributed by atoms with Gasteiger partial charge in [0, 0.05) is 18.0 Å². The van der Waals surface area contributed by atoms with Gasteiger partial charge in [-0.25, -0.2) is 0 Å². The maximum absolute atomic E-state index is 12.3. The molecule has 0 bridgehead atoms. The summed E-state index contributed by atoms with van der Waals surface area (Å²) < 4.78 is 5.10. The molecule has 0 saturated heterocycles. The van der Waals surface area contributed by atoms with E-state index in [1.54, 1.807) is 31.4 Å². The lowest BCUT2D eigenvalue weighted by Crippen LogP contribution is -2.24. The molecule has 2 amide bonds. The second kappa shape index (κ2) is 10.7.